The molecular formula is C18H22N2O4S. The standard InChI is InChI=1S/C18H22N2O4S/c21-16(19-10-5-9-15(19)17(22)25)14-8-4-11-20(14)18(23)24-12-13-6-2-1-3-7-13/h1-3,6-7,14-15H,4-5,8-12H2,(H,22,25)/t14-,15-/m0/s1. The van der Waals surface area contributed by atoms with Crippen LogP contribution in [0, 0.1) is 0 Å². The molecule has 3 rings (SSSR count). The fraction of sp³-hybridized carbons (Fsp3) is 0.500. The summed E-state index contributed by atoms with van der Waals surface area (Å²) in [6.07, 6.45) is 2.30. The van der Waals surface area contributed by atoms with Crippen LogP contribution in [0.2, 0.25) is 0 Å². The highest BCUT2D eigenvalue weighted by Crippen LogP contribution is 2.26. The van der Waals surface area contributed by atoms with Crippen molar-refractivity contribution < 1.29 is 19.1 Å². The van der Waals surface area contributed by atoms with Crippen molar-refractivity contribution in [1.82, 2.24) is 9.80 Å². The summed E-state index contributed by atoms with van der Waals surface area (Å²) in [6.45, 7) is 1.22. The average Bonchev–Trinajstić information content (AvgIpc) is 3.29. The Kier molecular flexibility index (Phi) is 5.63. The van der Waals surface area contributed by atoms with Gasteiger partial charge in [-0.15, -0.1) is 12.6 Å². The number of ether oxygens (including phenoxy) is 1. The van der Waals surface area contributed by atoms with Crippen LogP contribution in [0.3, 0.4) is 0 Å². The fourth-order valence-electron chi connectivity index (χ4n) is 3.52. The van der Waals surface area contributed by atoms with Crippen LogP contribution >= 0.6 is 12.6 Å². The van der Waals surface area contributed by atoms with Crippen molar-refractivity contribution in [3.63, 3.8) is 0 Å². The number of carbonyl (C=O) groups excluding carboxylic acids is 3. The first kappa shape index (κ1) is 17.8. The molecule has 0 spiro atoms. The Morgan fingerprint density at radius 1 is 1.00 bits per heavy atom. The normalized spacial score (nSPS) is 22.9. The van der Waals surface area contributed by atoms with Crippen molar-refractivity contribution >= 4 is 29.7 Å². The zero-order valence-corrected chi connectivity index (χ0v) is 14.9. The van der Waals surface area contributed by atoms with Crippen LogP contribution in [0.25, 0.3) is 0 Å². The van der Waals surface area contributed by atoms with Gasteiger partial charge >= 0.3 is 6.09 Å². The molecule has 6 nitrogen and oxygen atoms in total. The van der Waals surface area contributed by atoms with Gasteiger partial charge in [0, 0.05) is 13.1 Å². The lowest BCUT2D eigenvalue weighted by molar-refractivity contribution is -0.139. The largest absolute Gasteiger partial charge is 0.445 e. The molecule has 7 heteroatoms. The first-order valence-electron chi connectivity index (χ1n) is 8.58. The number of thiol groups is 1. The molecule has 0 aromatic heterocycles. The van der Waals surface area contributed by atoms with Gasteiger partial charge < -0.3 is 9.64 Å². The van der Waals surface area contributed by atoms with E-state index in [0.29, 0.717) is 25.9 Å². The van der Waals surface area contributed by atoms with E-state index in [4.69, 9.17) is 4.74 Å². The summed E-state index contributed by atoms with van der Waals surface area (Å²) >= 11 is 3.89. The average molecular weight is 362 g/mol. The summed E-state index contributed by atoms with van der Waals surface area (Å²) in [6, 6.07) is 8.41. The molecule has 2 aliphatic heterocycles. The molecule has 1 aromatic rings. The second-order valence-corrected chi connectivity index (χ2v) is 6.86. The highest BCUT2D eigenvalue weighted by Gasteiger charge is 2.41. The first-order chi connectivity index (χ1) is 12.1. The van der Waals surface area contributed by atoms with Gasteiger partial charge in [-0.25, -0.2) is 4.79 Å². The number of hydrogen-bond donors (Lipinski definition) is 1. The zero-order valence-electron chi connectivity index (χ0n) is 14.0. The predicted octanol–water partition coefficient (Wildman–Crippen LogP) is 2.24. The molecule has 25 heavy (non-hydrogen) atoms. The molecule has 2 atom stereocenters. The lowest BCUT2D eigenvalue weighted by atomic mass is 10.1. The molecule has 0 unspecified atom stereocenters. The number of rotatable bonds is 4. The van der Waals surface area contributed by atoms with Crippen molar-refractivity contribution in [2.75, 3.05) is 13.1 Å². The topological polar surface area (TPSA) is 66.9 Å². The maximum absolute atomic E-state index is 12.8. The number of likely N-dealkylation sites (tertiary alicyclic amines) is 2. The number of nitrogens with zero attached hydrogens (tertiary/aromatic N) is 2. The van der Waals surface area contributed by atoms with Crippen molar-refractivity contribution in [2.45, 2.75) is 44.4 Å². The summed E-state index contributed by atoms with van der Waals surface area (Å²) < 4.78 is 5.36. The van der Waals surface area contributed by atoms with Gasteiger partial charge in [-0.2, -0.15) is 0 Å². The van der Waals surface area contributed by atoms with Gasteiger partial charge in [0.1, 0.15) is 18.7 Å². The molecule has 2 aliphatic rings. The quantitative estimate of drug-likeness (QED) is 0.834. The van der Waals surface area contributed by atoms with Crippen LogP contribution in [0.5, 0.6) is 0 Å². The van der Waals surface area contributed by atoms with Crippen molar-refractivity contribution in [1.29, 1.82) is 0 Å². The molecule has 0 bridgehead atoms. The SMILES string of the molecule is O=C(S)[C@@H]1CCCN1C(=O)[C@@H]1CCCN1C(=O)OCc1ccccc1. The first-order valence-corrected chi connectivity index (χ1v) is 9.03. The van der Waals surface area contributed by atoms with E-state index in [0.717, 1.165) is 18.4 Å². The van der Waals surface area contributed by atoms with Gasteiger partial charge in [0.05, 0.1) is 0 Å². The minimum Gasteiger partial charge on any atom is -0.445 e. The Hall–Kier alpha value is -2.02. The molecule has 0 radical (unpaired) electrons. The minimum absolute atomic E-state index is 0.168. The molecular weight excluding hydrogens is 340 g/mol. The number of hydrogen-bond acceptors (Lipinski definition) is 4. The van der Waals surface area contributed by atoms with Gasteiger partial charge in [0.25, 0.3) is 0 Å². The number of carbonyl (C=O) groups is 3. The van der Waals surface area contributed by atoms with Crippen LogP contribution < -0.4 is 0 Å². The highest BCUT2D eigenvalue weighted by atomic mass is 32.1. The van der Waals surface area contributed by atoms with Gasteiger partial charge in [-0.3, -0.25) is 14.5 Å². The van der Waals surface area contributed by atoms with E-state index >= 15 is 0 Å². The van der Waals surface area contributed by atoms with Gasteiger partial charge in [0.2, 0.25) is 11.0 Å². The third-order valence-corrected chi connectivity index (χ3v) is 5.10. The second-order valence-electron chi connectivity index (χ2n) is 6.42. The van der Waals surface area contributed by atoms with Crippen molar-refractivity contribution in [2.24, 2.45) is 0 Å². The van der Waals surface area contributed by atoms with E-state index < -0.39 is 18.2 Å². The van der Waals surface area contributed by atoms with E-state index in [9.17, 15) is 14.4 Å². The molecule has 2 saturated heterocycles. The van der Waals surface area contributed by atoms with Crippen LogP contribution in [0.4, 0.5) is 4.79 Å². The third-order valence-electron chi connectivity index (χ3n) is 4.80. The smallest absolute Gasteiger partial charge is 0.410 e. The molecule has 2 amide bonds. The number of amides is 2. The lowest BCUT2D eigenvalue weighted by Crippen LogP contribution is -2.50. The third kappa shape index (κ3) is 3.98. The number of benzene rings is 1. The molecule has 0 aliphatic carbocycles. The molecule has 2 fully saturated rings. The Balaban J connectivity index is 1.62. The predicted molar refractivity (Wildman–Crippen MR) is 95.1 cm³/mol. The van der Waals surface area contributed by atoms with Gasteiger partial charge in [-0.1, -0.05) is 30.3 Å². The van der Waals surface area contributed by atoms with Crippen LogP contribution in [-0.4, -0.2) is 52.1 Å². The van der Waals surface area contributed by atoms with Gasteiger partial charge in [0.15, 0.2) is 0 Å². The van der Waals surface area contributed by atoms with Crippen molar-refractivity contribution in [3.8, 4) is 0 Å². The summed E-state index contributed by atoms with van der Waals surface area (Å²) in [4.78, 5) is 39.9. The Morgan fingerprint density at radius 3 is 2.32 bits per heavy atom. The van der Waals surface area contributed by atoms with Crippen LogP contribution in [0.1, 0.15) is 31.2 Å². The van der Waals surface area contributed by atoms with Crippen molar-refractivity contribution in [3.05, 3.63) is 35.9 Å². The molecule has 134 valence electrons. The van der Waals surface area contributed by atoms with E-state index in [2.05, 4.69) is 12.6 Å². The Bertz CT molecular complexity index is 652. The summed E-state index contributed by atoms with van der Waals surface area (Å²) in [7, 11) is 0. The lowest BCUT2D eigenvalue weighted by Gasteiger charge is -2.29. The summed E-state index contributed by atoms with van der Waals surface area (Å²) in [5.74, 6) is -0.168. The highest BCUT2D eigenvalue weighted by molar-refractivity contribution is 7.96. The van der Waals surface area contributed by atoms with E-state index in [-0.39, 0.29) is 17.6 Å². The molecule has 0 saturated carbocycles. The zero-order chi connectivity index (χ0) is 17.8. The van der Waals surface area contributed by atoms with Crippen LogP contribution in [0.15, 0.2) is 30.3 Å². The van der Waals surface area contributed by atoms with E-state index in [1.54, 1.807) is 4.90 Å². The molecule has 0 N–H and O–H groups in total. The fourth-order valence-corrected chi connectivity index (χ4v) is 3.79. The molecule has 2 heterocycles. The summed E-state index contributed by atoms with van der Waals surface area (Å²) in [5.41, 5.74) is 0.901. The Labute approximate surface area is 152 Å². The molecule has 1 aromatic carbocycles. The second kappa shape index (κ2) is 7.91. The van der Waals surface area contributed by atoms with Gasteiger partial charge in [-0.05, 0) is 31.2 Å². The van der Waals surface area contributed by atoms with E-state index in [1.807, 2.05) is 30.3 Å². The van der Waals surface area contributed by atoms with E-state index in [1.165, 1.54) is 4.90 Å². The Morgan fingerprint density at radius 2 is 1.64 bits per heavy atom. The maximum atomic E-state index is 12.8. The van der Waals surface area contributed by atoms with Crippen LogP contribution in [-0.2, 0) is 20.9 Å². The summed E-state index contributed by atoms with van der Waals surface area (Å²) in [5, 5.41) is -0.290. The maximum Gasteiger partial charge on any atom is 0.410 e. The monoisotopic (exact) mass is 362 g/mol. The minimum atomic E-state index is -0.545.